The van der Waals surface area contributed by atoms with Crippen LogP contribution in [-0.4, -0.2) is 22.6 Å². The van der Waals surface area contributed by atoms with Crippen LogP contribution in [0.15, 0.2) is 30.6 Å². The second kappa shape index (κ2) is 5.98. The van der Waals surface area contributed by atoms with E-state index in [1.807, 2.05) is 17.7 Å². The molecule has 2 heterocycles. The Labute approximate surface area is 125 Å². The van der Waals surface area contributed by atoms with Crippen LogP contribution in [0.25, 0.3) is 5.69 Å². The topological polar surface area (TPSA) is 29.9 Å². The maximum atomic E-state index is 6.45. The molecule has 1 N–H and O–H groups in total. The van der Waals surface area contributed by atoms with Gasteiger partial charge in [0.25, 0.3) is 0 Å². The number of halogens is 1. The Morgan fingerprint density at radius 1 is 1.45 bits per heavy atom. The Morgan fingerprint density at radius 2 is 2.35 bits per heavy atom. The van der Waals surface area contributed by atoms with Gasteiger partial charge in [-0.3, -0.25) is 0 Å². The van der Waals surface area contributed by atoms with Crippen molar-refractivity contribution in [1.82, 2.24) is 14.9 Å². The van der Waals surface area contributed by atoms with Gasteiger partial charge in [-0.15, -0.1) is 0 Å². The Kier molecular flexibility index (Phi) is 4.08. The second-order valence-electron chi connectivity index (χ2n) is 5.55. The van der Waals surface area contributed by atoms with E-state index in [4.69, 9.17) is 11.6 Å². The molecule has 0 amide bonds. The summed E-state index contributed by atoms with van der Waals surface area (Å²) >= 11 is 6.45. The highest BCUT2D eigenvalue weighted by molar-refractivity contribution is 6.32. The quantitative estimate of drug-likeness (QED) is 0.939. The Bertz CT molecular complexity index is 585. The monoisotopic (exact) mass is 289 g/mol. The van der Waals surface area contributed by atoms with Gasteiger partial charge in [0.15, 0.2) is 0 Å². The molecular weight excluding hydrogens is 270 g/mol. The van der Waals surface area contributed by atoms with Crippen LogP contribution in [0.4, 0.5) is 0 Å². The molecule has 1 fully saturated rings. The first kappa shape index (κ1) is 13.7. The Hall–Kier alpha value is -1.32. The number of nitrogens with one attached hydrogen (secondary N) is 1. The molecule has 1 unspecified atom stereocenters. The summed E-state index contributed by atoms with van der Waals surface area (Å²) in [6, 6.07) is 6.39. The second-order valence-corrected chi connectivity index (χ2v) is 5.95. The van der Waals surface area contributed by atoms with Crippen molar-refractivity contribution in [3.63, 3.8) is 0 Å². The predicted octanol–water partition coefficient (Wildman–Crippen LogP) is 3.38. The van der Waals surface area contributed by atoms with E-state index in [2.05, 4.69) is 28.5 Å². The molecule has 20 heavy (non-hydrogen) atoms. The first-order chi connectivity index (χ1) is 9.74. The molecule has 3 rings (SSSR count). The smallest absolute Gasteiger partial charge is 0.110 e. The number of aromatic nitrogens is 2. The minimum Gasteiger partial charge on any atom is -0.316 e. The van der Waals surface area contributed by atoms with Gasteiger partial charge in [-0.2, -0.15) is 0 Å². The highest BCUT2D eigenvalue weighted by Gasteiger charge is 2.14. The maximum absolute atomic E-state index is 6.45. The zero-order chi connectivity index (χ0) is 13.9. The van der Waals surface area contributed by atoms with E-state index < -0.39 is 0 Å². The van der Waals surface area contributed by atoms with Crippen LogP contribution in [0.3, 0.4) is 0 Å². The number of piperidine rings is 1. The van der Waals surface area contributed by atoms with Crippen molar-refractivity contribution in [2.45, 2.75) is 26.2 Å². The van der Waals surface area contributed by atoms with Crippen molar-refractivity contribution in [1.29, 1.82) is 0 Å². The summed E-state index contributed by atoms with van der Waals surface area (Å²) in [6.07, 6.45) is 7.45. The molecule has 0 saturated carbocycles. The molecule has 3 nitrogen and oxygen atoms in total. The molecule has 0 spiro atoms. The molecule has 1 aromatic heterocycles. The molecule has 4 heteroatoms. The molecule has 1 atom stereocenters. The first-order valence-electron chi connectivity index (χ1n) is 7.23. The third kappa shape index (κ3) is 2.89. The molecule has 0 radical (unpaired) electrons. The SMILES string of the molecule is Cc1nccn1-c1ccc(CC2CCCNC2)cc1Cl. The average molecular weight is 290 g/mol. The lowest BCUT2D eigenvalue weighted by molar-refractivity contribution is 0.376. The Morgan fingerprint density at radius 3 is 3.00 bits per heavy atom. The summed E-state index contributed by atoms with van der Waals surface area (Å²) in [4.78, 5) is 4.25. The van der Waals surface area contributed by atoms with Gasteiger partial charge in [0.05, 0.1) is 10.7 Å². The number of nitrogens with zero attached hydrogens (tertiary/aromatic N) is 2. The fourth-order valence-electron chi connectivity index (χ4n) is 2.94. The van der Waals surface area contributed by atoms with Crippen LogP contribution in [0, 0.1) is 12.8 Å². The van der Waals surface area contributed by atoms with E-state index in [9.17, 15) is 0 Å². The number of hydrogen-bond donors (Lipinski definition) is 1. The summed E-state index contributed by atoms with van der Waals surface area (Å²) in [5, 5.41) is 4.26. The lowest BCUT2D eigenvalue weighted by Gasteiger charge is -2.23. The van der Waals surface area contributed by atoms with Crippen molar-refractivity contribution in [2.75, 3.05) is 13.1 Å². The molecule has 1 aliphatic heterocycles. The van der Waals surface area contributed by atoms with Gasteiger partial charge in [-0.25, -0.2) is 4.98 Å². The van der Waals surface area contributed by atoms with Crippen LogP contribution in [0.1, 0.15) is 24.2 Å². The molecule has 2 aromatic rings. The number of aryl methyl sites for hydroxylation is 1. The standard InChI is InChI=1S/C16H20ClN3/c1-12-19-7-8-20(12)16-5-4-13(10-15(16)17)9-14-3-2-6-18-11-14/h4-5,7-8,10,14,18H,2-3,6,9,11H2,1H3. The zero-order valence-corrected chi connectivity index (χ0v) is 12.5. The van der Waals surface area contributed by atoms with Gasteiger partial charge in [-0.05, 0) is 62.9 Å². The largest absolute Gasteiger partial charge is 0.316 e. The van der Waals surface area contributed by atoms with Crippen molar-refractivity contribution < 1.29 is 0 Å². The van der Waals surface area contributed by atoms with Gasteiger partial charge in [0.1, 0.15) is 5.82 Å². The van der Waals surface area contributed by atoms with Gasteiger partial charge < -0.3 is 9.88 Å². The highest BCUT2D eigenvalue weighted by atomic mass is 35.5. The van der Waals surface area contributed by atoms with Gasteiger partial charge >= 0.3 is 0 Å². The van der Waals surface area contributed by atoms with E-state index in [1.165, 1.54) is 18.4 Å². The minimum absolute atomic E-state index is 0.737. The lowest BCUT2D eigenvalue weighted by atomic mass is 9.92. The van der Waals surface area contributed by atoms with Crippen LogP contribution >= 0.6 is 11.6 Å². The molecule has 0 bridgehead atoms. The number of hydrogen-bond acceptors (Lipinski definition) is 2. The van der Waals surface area contributed by atoms with E-state index in [0.29, 0.717) is 0 Å². The summed E-state index contributed by atoms with van der Waals surface area (Å²) in [5.74, 6) is 1.69. The normalized spacial score (nSPS) is 19.2. The first-order valence-corrected chi connectivity index (χ1v) is 7.61. The minimum atomic E-state index is 0.737. The molecule has 1 aromatic carbocycles. The van der Waals surface area contributed by atoms with Crippen molar-refractivity contribution in [2.24, 2.45) is 5.92 Å². The van der Waals surface area contributed by atoms with E-state index in [1.54, 1.807) is 6.20 Å². The number of imidazole rings is 1. The summed E-state index contributed by atoms with van der Waals surface area (Å²) in [6.45, 7) is 4.27. The number of rotatable bonds is 3. The van der Waals surface area contributed by atoms with Gasteiger partial charge in [-0.1, -0.05) is 17.7 Å². The predicted molar refractivity (Wildman–Crippen MR) is 82.6 cm³/mol. The number of benzene rings is 1. The fraction of sp³-hybridized carbons (Fsp3) is 0.438. The molecule has 106 valence electrons. The maximum Gasteiger partial charge on any atom is 0.110 e. The summed E-state index contributed by atoms with van der Waals surface area (Å²) in [5.41, 5.74) is 2.33. The molecule has 1 saturated heterocycles. The van der Waals surface area contributed by atoms with Crippen LogP contribution in [0.2, 0.25) is 5.02 Å². The summed E-state index contributed by atoms with van der Waals surface area (Å²) < 4.78 is 2.02. The van der Waals surface area contributed by atoms with Crippen LogP contribution in [-0.2, 0) is 6.42 Å². The molecule has 0 aliphatic carbocycles. The third-order valence-electron chi connectivity index (χ3n) is 4.02. The third-order valence-corrected chi connectivity index (χ3v) is 4.32. The highest BCUT2D eigenvalue weighted by Crippen LogP contribution is 2.25. The zero-order valence-electron chi connectivity index (χ0n) is 11.8. The van der Waals surface area contributed by atoms with E-state index in [0.717, 1.165) is 42.0 Å². The van der Waals surface area contributed by atoms with Gasteiger partial charge in [0.2, 0.25) is 0 Å². The average Bonchev–Trinajstić information content (AvgIpc) is 2.86. The van der Waals surface area contributed by atoms with Crippen LogP contribution < -0.4 is 5.32 Å². The van der Waals surface area contributed by atoms with E-state index in [-0.39, 0.29) is 0 Å². The lowest BCUT2D eigenvalue weighted by Crippen LogP contribution is -2.30. The molecular formula is C16H20ClN3. The van der Waals surface area contributed by atoms with Crippen LogP contribution in [0.5, 0.6) is 0 Å². The van der Waals surface area contributed by atoms with Crippen molar-refractivity contribution >= 4 is 11.6 Å². The molecule has 1 aliphatic rings. The van der Waals surface area contributed by atoms with Crippen molar-refractivity contribution in [3.05, 3.63) is 47.0 Å². The Balaban J connectivity index is 1.79. The fourth-order valence-corrected chi connectivity index (χ4v) is 3.23. The van der Waals surface area contributed by atoms with Gasteiger partial charge in [0, 0.05) is 12.4 Å². The van der Waals surface area contributed by atoms with Crippen molar-refractivity contribution in [3.8, 4) is 5.69 Å². The van der Waals surface area contributed by atoms with E-state index >= 15 is 0 Å². The summed E-state index contributed by atoms with van der Waals surface area (Å²) in [7, 11) is 0.